The van der Waals surface area contributed by atoms with Crippen LogP contribution in [0.1, 0.15) is 73.1 Å². The molecular weight excluding hydrogens is 657 g/mol. The number of amides is 2. The third kappa shape index (κ3) is 8.08. The van der Waals surface area contributed by atoms with Gasteiger partial charge in [0.2, 0.25) is 11.8 Å². The molecule has 0 saturated carbocycles. The minimum absolute atomic E-state index is 0.00728. The van der Waals surface area contributed by atoms with Crippen molar-refractivity contribution in [1.82, 2.24) is 19.7 Å². The summed E-state index contributed by atoms with van der Waals surface area (Å²) in [5.41, 5.74) is 5.91. The predicted octanol–water partition coefficient (Wildman–Crippen LogP) is 6.17. The second-order valence-electron chi connectivity index (χ2n) is 14.4. The molecule has 50 heavy (non-hydrogen) atoms. The Kier molecular flexibility index (Phi) is 11.3. The van der Waals surface area contributed by atoms with E-state index in [0.717, 1.165) is 104 Å². The molecule has 3 aliphatic heterocycles. The van der Waals surface area contributed by atoms with Crippen LogP contribution in [0.5, 0.6) is 5.75 Å². The molecule has 1 aromatic heterocycles. The van der Waals surface area contributed by atoms with Crippen molar-refractivity contribution in [3.05, 3.63) is 80.0 Å². The molecule has 1 atom stereocenters. The molecule has 2 amide bonds. The highest BCUT2D eigenvalue weighted by Gasteiger charge is 2.28. The number of rotatable bonds is 10. The first-order valence-electron chi connectivity index (χ1n) is 17.9. The van der Waals surface area contributed by atoms with Crippen molar-refractivity contribution in [1.29, 1.82) is 0 Å². The number of pyridine rings is 1. The van der Waals surface area contributed by atoms with Crippen molar-refractivity contribution < 1.29 is 18.7 Å². The first-order valence-corrected chi connectivity index (χ1v) is 18.3. The molecule has 4 heterocycles. The monoisotopic (exact) mass is 705 g/mol. The number of methoxy groups -OCH3 is 1. The molecule has 0 bridgehead atoms. The Morgan fingerprint density at radius 2 is 1.68 bits per heavy atom. The summed E-state index contributed by atoms with van der Waals surface area (Å²) in [7, 11) is 3.46. The van der Waals surface area contributed by atoms with Crippen molar-refractivity contribution in [2.24, 2.45) is 13.0 Å². The van der Waals surface area contributed by atoms with E-state index in [1.807, 2.05) is 44.3 Å². The number of piperidine rings is 3. The van der Waals surface area contributed by atoms with Crippen LogP contribution >= 0.6 is 11.6 Å². The lowest BCUT2D eigenvalue weighted by Gasteiger charge is -2.36. The summed E-state index contributed by atoms with van der Waals surface area (Å²) in [6.07, 6.45) is 7.88. The quantitative estimate of drug-likeness (QED) is 0.244. The summed E-state index contributed by atoms with van der Waals surface area (Å²) in [6.45, 7) is 9.59. The van der Waals surface area contributed by atoms with E-state index in [1.165, 1.54) is 12.5 Å². The summed E-state index contributed by atoms with van der Waals surface area (Å²) in [6, 6.07) is 8.68. The van der Waals surface area contributed by atoms with Crippen molar-refractivity contribution in [3.8, 4) is 16.9 Å². The first-order chi connectivity index (χ1) is 24.0. The zero-order valence-electron chi connectivity index (χ0n) is 29.6. The van der Waals surface area contributed by atoms with Gasteiger partial charge in [0.25, 0.3) is 5.56 Å². The molecule has 3 aliphatic rings. The number of aryl methyl sites for hydroxylation is 1. The molecule has 3 aromatic rings. The summed E-state index contributed by atoms with van der Waals surface area (Å²) in [5, 5.41) is 6.09. The number of carbonyl (C=O) groups excluding carboxylic acids is 2. The Morgan fingerprint density at radius 3 is 2.36 bits per heavy atom. The van der Waals surface area contributed by atoms with Crippen LogP contribution in [0.2, 0.25) is 5.02 Å². The number of carbonyl (C=O) groups is 2. The Balaban J connectivity index is 0.957. The van der Waals surface area contributed by atoms with Crippen LogP contribution in [-0.2, 0) is 23.2 Å². The zero-order chi connectivity index (χ0) is 35.5. The topological polar surface area (TPSA) is 95.9 Å². The maximum absolute atomic E-state index is 15.2. The molecule has 2 aromatic carbocycles. The highest BCUT2D eigenvalue weighted by Crippen LogP contribution is 2.37. The van der Waals surface area contributed by atoms with E-state index in [-0.39, 0.29) is 35.5 Å². The maximum Gasteiger partial charge on any atom is 0.253 e. The van der Waals surface area contributed by atoms with E-state index in [0.29, 0.717) is 23.0 Å². The summed E-state index contributed by atoms with van der Waals surface area (Å²) in [4.78, 5) is 40.9. The minimum atomic E-state index is -0.526. The Hall–Kier alpha value is -3.73. The molecule has 0 radical (unpaired) electrons. The van der Waals surface area contributed by atoms with E-state index in [4.69, 9.17) is 16.3 Å². The first kappa shape index (κ1) is 36.1. The van der Waals surface area contributed by atoms with Gasteiger partial charge in [-0.05, 0) is 138 Å². The van der Waals surface area contributed by atoms with Gasteiger partial charge in [0.15, 0.2) is 0 Å². The standard InChI is InChI=1S/C39H49ClFN5O4/c1-24-25(2)39(49)44(3)22-31(24)28-19-33(40)32(36(20-28)50-4)23-46-15-10-26(11-16-46)9-14-45-17-12-27(13-18-45)30-6-5-29(21-34(30)41)42-35-7-8-37(47)43-38(35)48/h5-6,19-22,26-27,35,42H,7-18,23H2,1-4H3,(H,43,47,48). The van der Waals surface area contributed by atoms with E-state index in [1.54, 1.807) is 18.7 Å². The van der Waals surface area contributed by atoms with Crippen LogP contribution in [0.4, 0.5) is 10.1 Å². The highest BCUT2D eigenvalue weighted by atomic mass is 35.5. The zero-order valence-corrected chi connectivity index (χ0v) is 30.4. The lowest BCUT2D eigenvalue weighted by molar-refractivity contribution is -0.133. The fourth-order valence-corrected chi connectivity index (χ4v) is 8.11. The SMILES string of the molecule is COc1cc(-c2cn(C)c(=O)c(C)c2C)cc(Cl)c1CN1CCC(CCN2CCC(c3ccc(NC4CCC(=O)NC4=O)cc3F)CC2)CC1. The lowest BCUT2D eigenvalue weighted by atomic mass is 9.88. The average molecular weight is 706 g/mol. The summed E-state index contributed by atoms with van der Waals surface area (Å²) >= 11 is 6.89. The van der Waals surface area contributed by atoms with Crippen molar-refractivity contribution >= 4 is 29.1 Å². The Morgan fingerprint density at radius 1 is 0.960 bits per heavy atom. The van der Waals surface area contributed by atoms with Crippen LogP contribution < -0.4 is 20.9 Å². The number of hydrogen-bond acceptors (Lipinski definition) is 7. The summed E-state index contributed by atoms with van der Waals surface area (Å²) < 4.78 is 22.6. The van der Waals surface area contributed by atoms with Crippen LogP contribution in [0.15, 0.2) is 41.3 Å². The molecular formula is C39H49ClFN5O4. The molecule has 1 unspecified atom stereocenters. The number of ether oxygens (including phenoxy) is 1. The summed E-state index contributed by atoms with van der Waals surface area (Å²) in [5.74, 6) is 0.772. The van der Waals surface area contributed by atoms with E-state index >= 15 is 4.39 Å². The molecule has 6 rings (SSSR count). The van der Waals surface area contributed by atoms with Gasteiger partial charge in [-0.25, -0.2) is 4.39 Å². The third-order valence-electron chi connectivity index (χ3n) is 11.2. The van der Waals surface area contributed by atoms with Gasteiger partial charge in [-0.2, -0.15) is 0 Å². The second kappa shape index (κ2) is 15.7. The lowest BCUT2D eigenvalue weighted by Crippen LogP contribution is -2.47. The predicted molar refractivity (Wildman–Crippen MR) is 195 cm³/mol. The molecule has 268 valence electrons. The van der Waals surface area contributed by atoms with Crippen molar-refractivity contribution in [2.45, 2.75) is 77.3 Å². The van der Waals surface area contributed by atoms with Gasteiger partial charge >= 0.3 is 0 Å². The average Bonchev–Trinajstić information content (AvgIpc) is 3.11. The van der Waals surface area contributed by atoms with Gasteiger partial charge in [0, 0.05) is 53.6 Å². The number of nitrogens with one attached hydrogen (secondary N) is 2. The highest BCUT2D eigenvalue weighted by molar-refractivity contribution is 6.32. The molecule has 9 nitrogen and oxygen atoms in total. The molecule has 2 N–H and O–H groups in total. The van der Waals surface area contributed by atoms with E-state index in [9.17, 15) is 14.4 Å². The maximum atomic E-state index is 15.2. The molecule has 3 saturated heterocycles. The van der Waals surface area contributed by atoms with Crippen molar-refractivity contribution in [2.75, 3.05) is 45.2 Å². The minimum Gasteiger partial charge on any atom is -0.496 e. The van der Waals surface area contributed by atoms with Gasteiger partial charge < -0.3 is 19.5 Å². The van der Waals surface area contributed by atoms with Gasteiger partial charge in [0.1, 0.15) is 17.6 Å². The molecule has 0 aliphatic carbocycles. The number of nitrogens with zero attached hydrogens (tertiary/aromatic N) is 3. The number of likely N-dealkylation sites (tertiary alicyclic amines) is 2. The van der Waals surface area contributed by atoms with Crippen LogP contribution in [0.3, 0.4) is 0 Å². The third-order valence-corrected chi connectivity index (χ3v) is 11.5. The molecule has 11 heteroatoms. The van der Waals surface area contributed by atoms with Crippen LogP contribution in [0.25, 0.3) is 11.1 Å². The van der Waals surface area contributed by atoms with Gasteiger partial charge in [-0.3, -0.25) is 24.6 Å². The number of aromatic nitrogens is 1. The molecule has 0 spiro atoms. The fourth-order valence-electron chi connectivity index (χ4n) is 7.84. The fraction of sp³-hybridized carbons (Fsp3) is 0.513. The van der Waals surface area contributed by atoms with Gasteiger partial charge in [0.05, 0.1) is 7.11 Å². The van der Waals surface area contributed by atoms with E-state index < -0.39 is 6.04 Å². The number of halogens is 2. The smallest absolute Gasteiger partial charge is 0.253 e. The Bertz CT molecular complexity index is 1800. The van der Waals surface area contributed by atoms with Crippen LogP contribution in [-0.4, -0.2) is 72.1 Å². The second-order valence-corrected chi connectivity index (χ2v) is 14.8. The molecule has 3 fully saturated rings. The Labute approximate surface area is 299 Å². The number of imide groups is 1. The van der Waals surface area contributed by atoms with Crippen LogP contribution in [0, 0.1) is 25.6 Å². The largest absolute Gasteiger partial charge is 0.496 e. The number of hydrogen-bond donors (Lipinski definition) is 2. The normalized spacial score (nSPS) is 19.8. The van der Waals surface area contributed by atoms with Gasteiger partial charge in [-0.15, -0.1) is 0 Å². The number of anilines is 1. The number of benzene rings is 2. The van der Waals surface area contributed by atoms with Crippen molar-refractivity contribution in [3.63, 3.8) is 0 Å². The van der Waals surface area contributed by atoms with E-state index in [2.05, 4.69) is 20.4 Å². The van der Waals surface area contributed by atoms with Gasteiger partial charge in [-0.1, -0.05) is 17.7 Å².